The monoisotopic (exact) mass is 483 g/mol. The van der Waals surface area contributed by atoms with Gasteiger partial charge < -0.3 is 13.9 Å². The molecule has 0 saturated carbocycles. The van der Waals surface area contributed by atoms with Crippen molar-refractivity contribution in [3.8, 4) is 22.8 Å². The number of ether oxygens (including phenoxy) is 2. The molecule has 0 aliphatic carbocycles. The zero-order valence-corrected chi connectivity index (χ0v) is 19.9. The number of benzene rings is 2. The highest BCUT2D eigenvalue weighted by Gasteiger charge is 2.20. The maximum Gasteiger partial charge on any atom is 0.341 e. The molecule has 0 bridgehead atoms. The molecule has 4 aromatic rings. The number of esters is 1. The fourth-order valence-electron chi connectivity index (χ4n) is 3.33. The van der Waals surface area contributed by atoms with E-state index in [2.05, 4.69) is 10.2 Å². The predicted octanol–water partition coefficient (Wildman–Crippen LogP) is 5.97. The van der Waals surface area contributed by atoms with Gasteiger partial charge in [0.1, 0.15) is 22.8 Å². The first kappa shape index (κ1) is 22.9. The van der Waals surface area contributed by atoms with E-state index in [4.69, 9.17) is 25.5 Å². The number of rotatable bonds is 8. The third-order valence-corrected chi connectivity index (χ3v) is 6.15. The van der Waals surface area contributed by atoms with Gasteiger partial charge in [-0.3, -0.25) is 4.57 Å². The van der Waals surface area contributed by atoms with E-state index in [1.165, 1.54) is 18.9 Å². The lowest BCUT2D eigenvalue weighted by atomic mass is 10.2. The Hall–Kier alpha value is -3.23. The van der Waals surface area contributed by atoms with Gasteiger partial charge in [0.15, 0.2) is 11.0 Å². The number of halogens is 1. The number of furan rings is 1. The molecule has 0 unspecified atom stereocenters. The minimum Gasteiger partial charge on any atom is -0.494 e. The van der Waals surface area contributed by atoms with Crippen LogP contribution in [0.15, 0.2) is 64.2 Å². The predicted molar refractivity (Wildman–Crippen MR) is 127 cm³/mol. The minimum atomic E-state index is -0.425. The molecule has 0 amide bonds. The molecule has 0 N–H and O–H groups in total. The van der Waals surface area contributed by atoms with Crippen LogP contribution >= 0.6 is 23.4 Å². The maximum absolute atomic E-state index is 11.9. The highest BCUT2D eigenvalue weighted by Crippen LogP contribution is 2.34. The molecule has 2 aromatic heterocycles. The van der Waals surface area contributed by atoms with Gasteiger partial charge in [-0.05, 0) is 56.3 Å². The molecule has 7 nitrogen and oxygen atoms in total. The fourth-order valence-corrected chi connectivity index (χ4v) is 4.39. The lowest BCUT2D eigenvalue weighted by Gasteiger charge is -2.12. The molecule has 0 atom stereocenters. The molecule has 0 radical (unpaired) electrons. The third kappa shape index (κ3) is 4.91. The Labute approximate surface area is 200 Å². The number of carbonyl (C=O) groups is 1. The van der Waals surface area contributed by atoms with E-state index in [1.807, 2.05) is 60.0 Å². The first-order chi connectivity index (χ1) is 16.0. The van der Waals surface area contributed by atoms with Crippen LogP contribution in [0.25, 0.3) is 17.1 Å². The van der Waals surface area contributed by atoms with Crippen LogP contribution < -0.4 is 4.74 Å². The van der Waals surface area contributed by atoms with Crippen molar-refractivity contribution in [3.63, 3.8) is 0 Å². The largest absolute Gasteiger partial charge is 0.494 e. The lowest BCUT2D eigenvalue weighted by molar-refractivity contribution is 0.0599. The van der Waals surface area contributed by atoms with Gasteiger partial charge in [-0.2, -0.15) is 0 Å². The summed E-state index contributed by atoms with van der Waals surface area (Å²) in [6.07, 6.45) is 0. The molecular formula is C24H22ClN3O4S. The lowest BCUT2D eigenvalue weighted by Crippen LogP contribution is -2.01. The summed E-state index contributed by atoms with van der Waals surface area (Å²) in [5, 5.41) is 10.1. The highest BCUT2D eigenvalue weighted by atomic mass is 35.5. The second kappa shape index (κ2) is 10.1. The summed E-state index contributed by atoms with van der Waals surface area (Å²) >= 11 is 7.91. The van der Waals surface area contributed by atoms with Crippen molar-refractivity contribution < 1.29 is 18.7 Å². The molecule has 0 spiro atoms. The zero-order chi connectivity index (χ0) is 23.4. The number of carbonyl (C=O) groups excluding carboxylic acids is 1. The molecular weight excluding hydrogens is 462 g/mol. The summed E-state index contributed by atoms with van der Waals surface area (Å²) in [6.45, 7) is 4.27. The Morgan fingerprint density at radius 1 is 1.15 bits per heavy atom. The van der Waals surface area contributed by atoms with E-state index < -0.39 is 5.97 Å². The van der Waals surface area contributed by atoms with Gasteiger partial charge in [0, 0.05) is 11.3 Å². The molecule has 4 rings (SSSR count). The average Bonchev–Trinajstić information content (AvgIpc) is 3.41. The molecule has 0 aliphatic rings. The van der Waals surface area contributed by atoms with Crippen molar-refractivity contribution in [1.82, 2.24) is 14.8 Å². The molecule has 2 aromatic carbocycles. The van der Waals surface area contributed by atoms with Gasteiger partial charge in [-0.15, -0.1) is 10.2 Å². The SMILES string of the molecule is CCOc1ccc(-n2c(SCc3cc(C(=O)OC)c(C)o3)nnc2-c2ccccc2Cl)cc1. The van der Waals surface area contributed by atoms with Gasteiger partial charge in [-0.25, -0.2) is 4.79 Å². The summed E-state index contributed by atoms with van der Waals surface area (Å²) in [4.78, 5) is 11.9. The molecule has 9 heteroatoms. The van der Waals surface area contributed by atoms with Crippen LogP contribution in [0.2, 0.25) is 5.02 Å². The maximum atomic E-state index is 11.9. The third-order valence-electron chi connectivity index (χ3n) is 4.87. The van der Waals surface area contributed by atoms with Crippen molar-refractivity contribution >= 4 is 29.3 Å². The number of aryl methyl sites for hydroxylation is 1. The van der Waals surface area contributed by atoms with Crippen LogP contribution in [0.3, 0.4) is 0 Å². The second-order valence-electron chi connectivity index (χ2n) is 7.01. The normalized spacial score (nSPS) is 10.9. The number of aromatic nitrogens is 3. The Morgan fingerprint density at radius 3 is 2.61 bits per heavy atom. The van der Waals surface area contributed by atoms with E-state index in [-0.39, 0.29) is 0 Å². The number of hydrogen-bond donors (Lipinski definition) is 0. The number of hydrogen-bond acceptors (Lipinski definition) is 7. The highest BCUT2D eigenvalue weighted by molar-refractivity contribution is 7.98. The number of methoxy groups -OCH3 is 1. The minimum absolute atomic E-state index is 0.415. The fraction of sp³-hybridized carbons (Fsp3) is 0.208. The topological polar surface area (TPSA) is 79.4 Å². The van der Waals surface area contributed by atoms with Crippen LogP contribution in [0, 0.1) is 6.92 Å². The number of thioether (sulfide) groups is 1. The molecule has 0 fully saturated rings. The van der Waals surface area contributed by atoms with Crippen LogP contribution in [0.4, 0.5) is 0 Å². The first-order valence-electron chi connectivity index (χ1n) is 10.3. The summed E-state index contributed by atoms with van der Waals surface area (Å²) in [6, 6.07) is 16.9. The molecule has 33 heavy (non-hydrogen) atoms. The average molecular weight is 484 g/mol. The first-order valence-corrected chi connectivity index (χ1v) is 11.6. The quantitative estimate of drug-likeness (QED) is 0.226. The summed E-state index contributed by atoms with van der Waals surface area (Å²) in [5.41, 5.74) is 2.05. The van der Waals surface area contributed by atoms with E-state index in [1.54, 1.807) is 13.0 Å². The smallest absolute Gasteiger partial charge is 0.341 e. The van der Waals surface area contributed by atoms with E-state index >= 15 is 0 Å². The Balaban J connectivity index is 1.70. The van der Waals surface area contributed by atoms with Crippen molar-refractivity contribution in [2.45, 2.75) is 24.8 Å². The van der Waals surface area contributed by atoms with Crippen LogP contribution in [0.1, 0.15) is 28.8 Å². The van der Waals surface area contributed by atoms with Gasteiger partial charge in [-0.1, -0.05) is 35.5 Å². The van der Waals surface area contributed by atoms with Crippen LogP contribution in [-0.2, 0) is 10.5 Å². The number of nitrogens with zero attached hydrogens (tertiary/aromatic N) is 3. The molecule has 2 heterocycles. The Morgan fingerprint density at radius 2 is 1.91 bits per heavy atom. The van der Waals surface area contributed by atoms with E-state index in [0.29, 0.717) is 45.4 Å². The van der Waals surface area contributed by atoms with Crippen molar-refractivity contribution in [1.29, 1.82) is 0 Å². The summed E-state index contributed by atoms with van der Waals surface area (Å²) < 4.78 is 18.1. The molecule has 0 aliphatic heterocycles. The van der Waals surface area contributed by atoms with Crippen molar-refractivity contribution in [3.05, 3.63) is 76.7 Å². The molecule has 0 saturated heterocycles. The van der Waals surface area contributed by atoms with Crippen LogP contribution in [-0.4, -0.2) is 34.5 Å². The standard InChI is InChI=1S/C24H22ClN3O4S/c1-4-31-17-11-9-16(10-12-17)28-22(19-7-5-6-8-21(19)25)26-27-24(28)33-14-18-13-20(15(2)32-18)23(29)30-3/h5-13H,4,14H2,1-3H3. The van der Waals surface area contributed by atoms with E-state index in [9.17, 15) is 4.79 Å². The summed E-state index contributed by atoms with van der Waals surface area (Å²) in [5.74, 6) is 2.59. The van der Waals surface area contributed by atoms with Gasteiger partial charge >= 0.3 is 5.97 Å². The Bertz CT molecular complexity index is 1270. The van der Waals surface area contributed by atoms with Gasteiger partial charge in [0.25, 0.3) is 0 Å². The van der Waals surface area contributed by atoms with Crippen molar-refractivity contribution in [2.24, 2.45) is 0 Å². The zero-order valence-electron chi connectivity index (χ0n) is 18.4. The van der Waals surface area contributed by atoms with Crippen molar-refractivity contribution in [2.75, 3.05) is 13.7 Å². The Kier molecular flexibility index (Phi) is 7.05. The van der Waals surface area contributed by atoms with Crippen LogP contribution in [0.5, 0.6) is 5.75 Å². The van der Waals surface area contributed by atoms with Gasteiger partial charge in [0.2, 0.25) is 0 Å². The molecule has 170 valence electrons. The second-order valence-corrected chi connectivity index (χ2v) is 8.36. The van der Waals surface area contributed by atoms with Gasteiger partial charge in [0.05, 0.1) is 24.5 Å². The van der Waals surface area contributed by atoms with E-state index in [0.717, 1.165) is 17.0 Å². The summed E-state index contributed by atoms with van der Waals surface area (Å²) in [7, 11) is 1.35.